The standard InChI is InChI=1S/C28H41N5O9/c1-4-17(5-2)24(32-15(3)34)23-19(33-27(29)30)14-18(26(38)39)25(23)42-28(40)31-11-6-12-41-22(37)10-8-16-7-9-20(35)21(36)13-16/h7-10,13,17-19,23-25,35-36H,4-6,11-12,14H2,1-3H3,(H,31,40)(H,32,34)(H,38,39)(H4,29,30,33)/b10-8+/t18-,19?,23+,24-,25+/m0/s1. The lowest BCUT2D eigenvalue weighted by molar-refractivity contribution is -0.145. The Morgan fingerprint density at radius 1 is 1.17 bits per heavy atom. The number of ether oxygens (including phenoxy) is 2. The van der Waals surface area contributed by atoms with Crippen molar-refractivity contribution in [2.75, 3.05) is 13.2 Å². The van der Waals surface area contributed by atoms with Gasteiger partial charge in [-0.25, -0.2) is 9.59 Å². The van der Waals surface area contributed by atoms with Crippen molar-refractivity contribution in [2.24, 2.45) is 23.5 Å². The molecule has 9 N–H and O–H groups in total. The second kappa shape index (κ2) is 16.1. The molecule has 0 heterocycles. The third-order valence-corrected chi connectivity index (χ3v) is 7.24. The van der Waals surface area contributed by atoms with Gasteiger partial charge in [-0.1, -0.05) is 32.8 Å². The fourth-order valence-corrected chi connectivity index (χ4v) is 5.29. The third kappa shape index (κ3) is 9.85. The van der Waals surface area contributed by atoms with E-state index in [1.54, 1.807) is 0 Å². The first-order valence-electron chi connectivity index (χ1n) is 13.8. The van der Waals surface area contributed by atoms with E-state index in [2.05, 4.69) is 16.0 Å². The van der Waals surface area contributed by atoms with Gasteiger partial charge in [0.1, 0.15) is 6.10 Å². The third-order valence-electron chi connectivity index (χ3n) is 7.24. The quantitative estimate of drug-likeness (QED) is 0.0387. The molecule has 0 bridgehead atoms. The Hall–Kier alpha value is -4.49. The second-order valence-electron chi connectivity index (χ2n) is 10.1. The summed E-state index contributed by atoms with van der Waals surface area (Å²) in [4.78, 5) is 49.0. The molecule has 1 aliphatic rings. The van der Waals surface area contributed by atoms with Gasteiger partial charge in [0.15, 0.2) is 17.5 Å². The zero-order valence-corrected chi connectivity index (χ0v) is 24.0. The number of amides is 2. The van der Waals surface area contributed by atoms with Crippen molar-refractivity contribution in [1.29, 1.82) is 5.41 Å². The van der Waals surface area contributed by atoms with Gasteiger partial charge in [0, 0.05) is 37.5 Å². The van der Waals surface area contributed by atoms with Crippen molar-refractivity contribution < 1.29 is 44.0 Å². The molecule has 14 heteroatoms. The molecule has 0 aromatic heterocycles. The number of rotatable bonds is 14. The molecule has 232 valence electrons. The number of phenolic OH excluding ortho intramolecular Hbond substituents is 2. The minimum Gasteiger partial charge on any atom is -0.504 e. The fourth-order valence-electron chi connectivity index (χ4n) is 5.29. The smallest absolute Gasteiger partial charge is 0.407 e. The Kier molecular flexibility index (Phi) is 12.9. The number of alkyl carbamates (subject to hydrolysis) is 1. The Bertz CT molecular complexity index is 1150. The number of hydrogen-bond donors (Lipinski definition) is 8. The lowest BCUT2D eigenvalue weighted by atomic mass is 9.80. The normalized spacial score (nSPS) is 20.6. The van der Waals surface area contributed by atoms with Crippen LogP contribution < -0.4 is 21.7 Å². The molecule has 5 atom stereocenters. The molecule has 1 aromatic carbocycles. The first-order valence-corrected chi connectivity index (χ1v) is 13.8. The van der Waals surface area contributed by atoms with Gasteiger partial charge in [0.05, 0.1) is 12.5 Å². The van der Waals surface area contributed by atoms with E-state index < -0.39 is 48.1 Å². The summed E-state index contributed by atoms with van der Waals surface area (Å²) in [6, 6.07) is 2.87. The van der Waals surface area contributed by atoms with Crippen LogP contribution in [0, 0.1) is 23.2 Å². The summed E-state index contributed by atoms with van der Waals surface area (Å²) in [5.74, 6) is -4.97. The van der Waals surface area contributed by atoms with Crippen LogP contribution in [0.2, 0.25) is 0 Å². The number of carbonyl (C=O) groups is 4. The monoisotopic (exact) mass is 591 g/mol. The van der Waals surface area contributed by atoms with Crippen LogP contribution in [0.5, 0.6) is 11.5 Å². The maximum Gasteiger partial charge on any atom is 0.407 e. The zero-order chi connectivity index (χ0) is 31.4. The molecule has 1 unspecified atom stereocenters. The van der Waals surface area contributed by atoms with Gasteiger partial charge in [0.2, 0.25) is 5.91 Å². The number of guanidine groups is 1. The molecular formula is C28H41N5O9. The van der Waals surface area contributed by atoms with Gasteiger partial charge in [-0.05, 0) is 42.5 Å². The first kappa shape index (κ1) is 33.7. The molecule has 0 radical (unpaired) electrons. The van der Waals surface area contributed by atoms with E-state index in [1.165, 1.54) is 31.2 Å². The average Bonchev–Trinajstić information content (AvgIpc) is 3.25. The molecule has 1 fully saturated rings. The number of phenols is 2. The van der Waals surface area contributed by atoms with E-state index in [4.69, 9.17) is 20.6 Å². The van der Waals surface area contributed by atoms with Crippen molar-refractivity contribution in [1.82, 2.24) is 16.0 Å². The van der Waals surface area contributed by atoms with Gasteiger partial charge in [0.25, 0.3) is 0 Å². The highest BCUT2D eigenvalue weighted by Crippen LogP contribution is 2.40. The molecule has 2 rings (SSSR count). The summed E-state index contributed by atoms with van der Waals surface area (Å²) in [7, 11) is 0. The summed E-state index contributed by atoms with van der Waals surface area (Å²) in [6.07, 6.45) is 2.17. The number of nitrogens with two attached hydrogens (primary N) is 1. The maximum absolute atomic E-state index is 12.7. The topological polar surface area (TPSA) is 233 Å². The molecule has 42 heavy (non-hydrogen) atoms. The summed E-state index contributed by atoms with van der Waals surface area (Å²) in [6.45, 7) is 5.29. The Morgan fingerprint density at radius 3 is 2.43 bits per heavy atom. The minimum atomic E-state index is -1.18. The molecule has 0 saturated heterocycles. The van der Waals surface area contributed by atoms with E-state index in [1.807, 2.05) is 13.8 Å². The van der Waals surface area contributed by atoms with Gasteiger partial charge in [-0.15, -0.1) is 0 Å². The molecular weight excluding hydrogens is 550 g/mol. The van der Waals surface area contributed by atoms with Gasteiger partial charge >= 0.3 is 18.0 Å². The first-order chi connectivity index (χ1) is 19.9. The molecule has 0 aliphatic heterocycles. The lowest BCUT2D eigenvalue weighted by Crippen LogP contribution is -2.55. The number of carboxylic acids is 1. The van der Waals surface area contributed by atoms with E-state index in [-0.39, 0.29) is 55.3 Å². The summed E-state index contributed by atoms with van der Waals surface area (Å²) < 4.78 is 10.7. The molecule has 1 aliphatic carbocycles. The van der Waals surface area contributed by atoms with Gasteiger partial charge in [-0.3, -0.25) is 15.0 Å². The number of aliphatic carboxylic acids is 1. The Labute approximate surface area is 244 Å². The number of benzene rings is 1. The van der Waals surface area contributed by atoms with E-state index >= 15 is 0 Å². The van der Waals surface area contributed by atoms with Crippen LogP contribution in [0.3, 0.4) is 0 Å². The van der Waals surface area contributed by atoms with E-state index in [0.717, 1.165) is 6.08 Å². The molecule has 1 saturated carbocycles. The summed E-state index contributed by atoms with van der Waals surface area (Å²) in [5, 5.41) is 44.7. The number of hydrogen-bond acceptors (Lipinski definition) is 9. The van der Waals surface area contributed by atoms with Crippen LogP contribution in [0.15, 0.2) is 24.3 Å². The SMILES string of the molecule is CCC(CC)[C@H](NC(C)=O)[C@H]1C(NC(=N)N)C[C@H](C(=O)O)[C@H]1OC(=O)NCCCOC(=O)/C=C/c1ccc(O)c(O)c1. The number of nitrogens with one attached hydrogen (secondary N) is 4. The van der Waals surface area contributed by atoms with Crippen LogP contribution >= 0.6 is 0 Å². The summed E-state index contributed by atoms with van der Waals surface area (Å²) in [5.41, 5.74) is 6.05. The predicted molar refractivity (Wildman–Crippen MR) is 152 cm³/mol. The molecule has 0 spiro atoms. The van der Waals surface area contributed by atoms with Crippen LogP contribution in [-0.2, 0) is 23.9 Å². The molecule has 1 aromatic rings. The highest BCUT2D eigenvalue weighted by molar-refractivity contribution is 5.87. The van der Waals surface area contributed by atoms with Gasteiger partial charge in [-0.2, -0.15) is 0 Å². The van der Waals surface area contributed by atoms with Gasteiger partial charge < -0.3 is 46.5 Å². The largest absolute Gasteiger partial charge is 0.504 e. The number of aromatic hydroxyl groups is 2. The van der Waals surface area contributed by atoms with Crippen molar-refractivity contribution >= 4 is 36.0 Å². The van der Waals surface area contributed by atoms with Crippen LogP contribution in [0.1, 0.15) is 52.0 Å². The van der Waals surface area contributed by atoms with E-state index in [9.17, 15) is 34.5 Å². The van der Waals surface area contributed by atoms with E-state index in [0.29, 0.717) is 18.4 Å². The molecule has 14 nitrogen and oxygen atoms in total. The minimum absolute atomic E-state index is 0.0288. The Balaban J connectivity index is 2.02. The Morgan fingerprint density at radius 2 is 1.86 bits per heavy atom. The lowest BCUT2D eigenvalue weighted by Gasteiger charge is -2.37. The zero-order valence-electron chi connectivity index (χ0n) is 24.0. The van der Waals surface area contributed by atoms with Crippen molar-refractivity contribution in [3.63, 3.8) is 0 Å². The number of carboxylic acid groups (broad SMARTS) is 1. The highest BCUT2D eigenvalue weighted by Gasteiger charge is 2.53. The summed E-state index contributed by atoms with van der Waals surface area (Å²) >= 11 is 0. The second-order valence-corrected chi connectivity index (χ2v) is 10.1. The van der Waals surface area contributed by atoms with Crippen molar-refractivity contribution in [3.8, 4) is 11.5 Å². The number of esters is 1. The number of carbonyl (C=O) groups excluding carboxylic acids is 3. The van der Waals surface area contributed by atoms with Crippen LogP contribution in [-0.4, -0.2) is 76.6 Å². The fraction of sp³-hybridized carbons (Fsp3) is 0.536. The maximum atomic E-state index is 12.7. The highest BCUT2D eigenvalue weighted by atomic mass is 16.6. The van der Waals surface area contributed by atoms with Crippen LogP contribution in [0.25, 0.3) is 6.08 Å². The average molecular weight is 592 g/mol. The van der Waals surface area contributed by atoms with Crippen molar-refractivity contribution in [3.05, 3.63) is 29.8 Å². The van der Waals surface area contributed by atoms with Crippen LogP contribution in [0.4, 0.5) is 4.79 Å². The molecule has 2 amide bonds. The van der Waals surface area contributed by atoms with Crippen molar-refractivity contribution in [2.45, 2.75) is 64.6 Å². The predicted octanol–water partition coefficient (Wildman–Crippen LogP) is 1.65.